The van der Waals surface area contributed by atoms with Crippen molar-refractivity contribution in [1.82, 2.24) is 14.1 Å². The number of aliphatic hydroxyl groups excluding tert-OH is 1. The number of morpholine rings is 1. The molecule has 0 spiro atoms. The molecular weight excluding hydrogens is 489 g/mol. The number of aliphatic hydroxyl groups is 1. The fraction of sp³-hybridized carbons (Fsp3) is 0.360. The summed E-state index contributed by atoms with van der Waals surface area (Å²) < 4.78 is 46.0. The molecule has 0 aliphatic carbocycles. The van der Waals surface area contributed by atoms with Crippen LogP contribution in [0.4, 0.5) is 4.39 Å². The van der Waals surface area contributed by atoms with Crippen molar-refractivity contribution in [3.8, 4) is 0 Å². The number of sulfonamides is 1. The molecule has 9 nitrogen and oxygen atoms in total. The number of likely N-dealkylation sites (tertiary alicyclic amines) is 1. The first-order valence-corrected chi connectivity index (χ1v) is 12.9. The lowest BCUT2D eigenvalue weighted by Crippen LogP contribution is -2.40. The number of ether oxygens (including phenoxy) is 1. The van der Waals surface area contributed by atoms with Gasteiger partial charge in [0.2, 0.25) is 10.0 Å². The molecule has 0 bridgehead atoms. The number of carbonyl (C=O) groups excluding carboxylic acids is 2. The Hall–Kier alpha value is -3.12. The molecule has 36 heavy (non-hydrogen) atoms. The topological polar surface area (TPSA) is 107 Å². The molecule has 1 amide bonds. The van der Waals surface area contributed by atoms with Crippen LogP contribution >= 0.6 is 0 Å². The standard InChI is InChI=1S/C25H28FN3O6S/c1-27(2)11-12-29-22(17-3-7-19(26)8-4-17)21(24(31)25(29)32)23(30)18-5-9-20(10-6-18)36(33,34)28-13-15-35-16-14-28/h3-10,22,30H,11-16H2,1-2H3/t22-/m1/s1. The van der Waals surface area contributed by atoms with Crippen molar-refractivity contribution in [3.05, 3.63) is 71.0 Å². The smallest absolute Gasteiger partial charge is 0.295 e. The minimum atomic E-state index is -3.74. The van der Waals surface area contributed by atoms with Crippen molar-refractivity contribution in [2.45, 2.75) is 10.9 Å². The number of hydrogen-bond acceptors (Lipinski definition) is 7. The molecule has 0 aromatic heterocycles. The van der Waals surface area contributed by atoms with Crippen LogP contribution in [0.3, 0.4) is 0 Å². The number of benzene rings is 2. The van der Waals surface area contributed by atoms with Gasteiger partial charge in [0.15, 0.2) is 0 Å². The third-order valence-electron chi connectivity index (χ3n) is 6.25. The van der Waals surface area contributed by atoms with Gasteiger partial charge in [-0.25, -0.2) is 12.8 Å². The molecule has 0 saturated carbocycles. The Morgan fingerprint density at radius 2 is 1.67 bits per heavy atom. The van der Waals surface area contributed by atoms with Crippen molar-refractivity contribution < 1.29 is 32.2 Å². The number of carbonyl (C=O) groups is 2. The van der Waals surface area contributed by atoms with Gasteiger partial charge in [0, 0.05) is 31.7 Å². The Morgan fingerprint density at radius 3 is 2.25 bits per heavy atom. The van der Waals surface area contributed by atoms with Crippen molar-refractivity contribution in [1.29, 1.82) is 0 Å². The van der Waals surface area contributed by atoms with Crippen LogP contribution in [0, 0.1) is 5.82 Å². The predicted molar refractivity (Wildman–Crippen MR) is 130 cm³/mol. The Bertz CT molecular complexity index is 1270. The number of ketones is 1. The van der Waals surface area contributed by atoms with E-state index in [1.54, 1.807) is 0 Å². The van der Waals surface area contributed by atoms with Crippen LogP contribution in [0.2, 0.25) is 0 Å². The number of halogens is 1. The number of hydrogen-bond donors (Lipinski definition) is 1. The van der Waals surface area contributed by atoms with E-state index in [-0.39, 0.29) is 35.7 Å². The molecule has 192 valence electrons. The van der Waals surface area contributed by atoms with Gasteiger partial charge in [-0.15, -0.1) is 0 Å². The highest BCUT2D eigenvalue weighted by Crippen LogP contribution is 2.39. The van der Waals surface area contributed by atoms with Crippen LogP contribution in [0.25, 0.3) is 5.76 Å². The summed E-state index contributed by atoms with van der Waals surface area (Å²) in [6.07, 6.45) is 0. The van der Waals surface area contributed by atoms with Crippen LogP contribution in [0.1, 0.15) is 17.2 Å². The summed E-state index contributed by atoms with van der Waals surface area (Å²) in [4.78, 5) is 29.2. The van der Waals surface area contributed by atoms with Gasteiger partial charge in [0.1, 0.15) is 11.6 Å². The van der Waals surface area contributed by atoms with Crippen molar-refractivity contribution >= 4 is 27.5 Å². The molecule has 4 rings (SSSR count). The highest BCUT2D eigenvalue weighted by molar-refractivity contribution is 7.89. The average Bonchev–Trinajstić information content (AvgIpc) is 3.13. The second-order valence-corrected chi connectivity index (χ2v) is 10.8. The number of likely N-dealkylation sites (N-methyl/N-ethyl adjacent to an activating group) is 1. The molecule has 2 aliphatic rings. The summed E-state index contributed by atoms with van der Waals surface area (Å²) in [7, 11) is -0.0802. The Balaban J connectivity index is 1.73. The molecular formula is C25H28FN3O6S. The van der Waals surface area contributed by atoms with Gasteiger partial charge in [0.25, 0.3) is 11.7 Å². The van der Waals surface area contributed by atoms with E-state index in [0.717, 1.165) is 0 Å². The SMILES string of the molecule is CN(C)CCN1C(=O)C(=O)C(=C(O)c2ccc(S(=O)(=O)N3CCOCC3)cc2)[C@H]1c1ccc(F)cc1. The van der Waals surface area contributed by atoms with Gasteiger partial charge in [0.05, 0.1) is 29.7 Å². The summed E-state index contributed by atoms with van der Waals surface area (Å²) >= 11 is 0. The van der Waals surface area contributed by atoms with E-state index in [2.05, 4.69) is 0 Å². The van der Waals surface area contributed by atoms with E-state index >= 15 is 0 Å². The normalized spacial score (nSPS) is 20.9. The summed E-state index contributed by atoms with van der Waals surface area (Å²) in [5, 5.41) is 11.2. The third-order valence-corrected chi connectivity index (χ3v) is 8.16. The number of amides is 1. The first-order valence-electron chi connectivity index (χ1n) is 11.5. The molecule has 2 heterocycles. The molecule has 1 N–H and O–H groups in total. The zero-order chi connectivity index (χ0) is 26.0. The fourth-order valence-corrected chi connectivity index (χ4v) is 5.69. The van der Waals surface area contributed by atoms with Gasteiger partial charge >= 0.3 is 0 Å². The molecule has 2 aromatic carbocycles. The van der Waals surface area contributed by atoms with Crippen molar-refractivity contribution in [2.24, 2.45) is 0 Å². The van der Waals surface area contributed by atoms with Gasteiger partial charge in [-0.3, -0.25) is 9.59 Å². The minimum Gasteiger partial charge on any atom is -0.507 e. The second-order valence-electron chi connectivity index (χ2n) is 8.89. The fourth-order valence-electron chi connectivity index (χ4n) is 4.29. The summed E-state index contributed by atoms with van der Waals surface area (Å²) in [6, 6.07) is 10.0. The maximum absolute atomic E-state index is 13.6. The van der Waals surface area contributed by atoms with Crippen LogP contribution in [0.15, 0.2) is 59.0 Å². The molecule has 2 fully saturated rings. The predicted octanol–water partition coefficient (Wildman–Crippen LogP) is 1.83. The number of nitrogens with zero attached hydrogens (tertiary/aromatic N) is 3. The quantitative estimate of drug-likeness (QED) is 0.339. The molecule has 0 unspecified atom stereocenters. The molecule has 11 heteroatoms. The summed E-state index contributed by atoms with van der Waals surface area (Å²) in [5.41, 5.74) is 0.533. The van der Waals surface area contributed by atoms with Crippen LogP contribution in [-0.2, 0) is 24.3 Å². The van der Waals surface area contributed by atoms with Crippen molar-refractivity contribution in [3.63, 3.8) is 0 Å². The lowest BCUT2D eigenvalue weighted by molar-refractivity contribution is -0.140. The van der Waals surface area contributed by atoms with Crippen LogP contribution in [0.5, 0.6) is 0 Å². The van der Waals surface area contributed by atoms with Crippen LogP contribution < -0.4 is 0 Å². The molecule has 2 aromatic rings. The van der Waals surface area contributed by atoms with Gasteiger partial charge in [-0.2, -0.15) is 4.31 Å². The lowest BCUT2D eigenvalue weighted by Gasteiger charge is -2.26. The molecule has 2 saturated heterocycles. The van der Waals surface area contributed by atoms with Gasteiger partial charge in [-0.1, -0.05) is 12.1 Å². The molecule has 1 atom stereocenters. The van der Waals surface area contributed by atoms with Gasteiger partial charge < -0.3 is 19.6 Å². The van der Waals surface area contributed by atoms with E-state index in [0.29, 0.717) is 25.3 Å². The summed E-state index contributed by atoms with van der Waals surface area (Å²) in [5.74, 6) is -2.52. The lowest BCUT2D eigenvalue weighted by atomic mass is 9.95. The maximum Gasteiger partial charge on any atom is 0.295 e. The van der Waals surface area contributed by atoms with Gasteiger partial charge in [-0.05, 0) is 56.1 Å². The Labute approximate surface area is 209 Å². The Morgan fingerprint density at radius 1 is 1.06 bits per heavy atom. The van der Waals surface area contributed by atoms with E-state index in [1.807, 2.05) is 19.0 Å². The first-order chi connectivity index (χ1) is 17.1. The monoisotopic (exact) mass is 517 g/mol. The minimum absolute atomic E-state index is 0.0440. The zero-order valence-corrected chi connectivity index (χ0v) is 20.9. The molecule has 0 radical (unpaired) electrons. The average molecular weight is 518 g/mol. The number of rotatable bonds is 7. The van der Waals surface area contributed by atoms with Crippen molar-refractivity contribution in [2.75, 3.05) is 53.5 Å². The highest BCUT2D eigenvalue weighted by Gasteiger charge is 2.46. The Kier molecular flexibility index (Phi) is 7.55. The highest BCUT2D eigenvalue weighted by atomic mass is 32.2. The van der Waals surface area contributed by atoms with Crippen LogP contribution in [-0.4, -0.2) is 92.8 Å². The third kappa shape index (κ3) is 5.05. The zero-order valence-electron chi connectivity index (χ0n) is 20.1. The van der Waals surface area contributed by atoms with E-state index in [4.69, 9.17) is 4.74 Å². The maximum atomic E-state index is 13.6. The second kappa shape index (κ2) is 10.5. The number of Topliss-reactive ketones (excluding diaryl/α,β-unsaturated/α-hetero) is 1. The summed E-state index contributed by atoms with van der Waals surface area (Å²) in [6.45, 7) is 1.81. The van der Waals surface area contributed by atoms with E-state index in [1.165, 1.54) is 57.7 Å². The largest absolute Gasteiger partial charge is 0.507 e. The molecule has 2 aliphatic heterocycles. The first kappa shape index (κ1) is 26.0. The van der Waals surface area contributed by atoms with E-state index in [9.17, 15) is 27.5 Å². The van der Waals surface area contributed by atoms with E-state index < -0.39 is 39.3 Å².